The summed E-state index contributed by atoms with van der Waals surface area (Å²) in [5.41, 5.74) is 1.86. The van der Waals surface area contributed by atoms with Gasteiger partial charge in [-0.05, 0) is 57.4 Å². The number of carbonyl (C=O) groups excluding carboxylic acids is 3. The number of rotatable bonds is 5. The van der Waals surface area contributed by atoms with E-state index in [1.54, 1.807) is 23.1 Å². The zero-order valence-corrected chi connectivity index (χ0v) is 16.6. The van der Waals surface area contributed by atoms with Gasteiger partial charge in [0, 0.05) is 31.9 Å². The van der Waals surface area contributed by atoms with Crippen molar-refractivity contribution in [2.75, 3.05) is 38.6 Å². The first-order valence-electron chi connectivity index (χ1n) is 9.44. The van der Waals surface area contributed by atoms with E-state index in [2.05, 4.69) is 5.32 Å². The zero-order valence-electron chi connectivity index (χ0n) is 16.6. The molecule has 1 saturated heterocycles. The van der Waals surface area contributed by atoms with Gasteiger partial charge in [0.05, 0.1) is 18.6 Å². The maximum atomic E-state index is 12.7. The highest BCUT2D eigenvalue weighted by atomic mass is 16.5. The van der Waals surface area contributed by atoms with Gasteiger partial charge in [0.1, 0.15) is 0 Å². The minimum atomic E-state index is -0.412. The SMILES string of the molecule is CCN(CC)C(=O)[C@@H]1CCCN(C(=O)Nc2ccc(C(=O)OC)cc2C)C1. The molecule has 0 spiro atoms. The fourth-order valence-corrected chi connectivity index (χ4v) is 3.40. The molecule has 0 aromatic heterocycles. The van der Waals surface area contributed by atoms with E-state index in [0.29, 0.717) is 37.4 Å². The molecule has 0 saturated carbocycles. The van der Waals surface area contributed by atoms with Gasteiger partial charge < -0.3 is 19.9 Å². The number of anilines is 1. The number of benzene rings is 1. The Kier molecular flexibility index (Phi) is 7.21. The van der Waals surface area contributed by atoms with Crippen molar-refractivity contribution >= 4 is 23.6 Å². The van der Waals surface area contributed by atoms with Crippen molar-refractivity contribution in [2.24, 2.45) is 5.92 Å². The molecule has 1 fully saturated rings. The molecule has 1 aromatic rings. The van der Waals surface area contributed by atoms with Crippen LogP contribution in [0.2, 0.25) is 0 Å². The van der Waals surface area contributed by atoms with Crippen LogP contribution in [0.15, 0.2) is 18.2 Å². The lowest BCUT2D eigenvalue weighted by molar-refractivity contribution is -0.136. The molecule has 7 heteroatoms. The third kappa shape index (κ3) is 4.99. The zero-order chi connectivity index (χ0) is 20.0. The summed E-state index contributed by atoms with van der Waals surface area (Å²) in [6.45, 7) is 8.19. The van der Waals surface area contributed by atoms with Crippen LogP contribution in [0.1, 0.15) is 42.6 Å². The summed E-state index contributed by atoms with van der Waals surface area (Å²) >= 11 is 0. The molecule has 148 valence electrons. The molecule has 1 atom stereocenters. The molecule has 3 amide bonds. The Bertz CT molecular complexity index is 700. The predicted octanol–water partition coefficient (Wildman–Crippen LogP) is 2.89. The van der Waals surface area contributed by atoms with Gasteiger partial charge in [0.2, 0.25) is 5.91 Å². The molecule has 27 heavy (non-hydrogen) atoms. The first-order chi connectivity index (χ1) is 12.9. The third-order valence-corrected chi connectivity index (χ3v) is 5.02. The van der Waals surface area contributed by atoms with E-state index in [0.717, 1.165) is 18.4 Å². The molecule has 1 aliphatic heterocycles. The molecule has 0 bridgehead atoms. The number of amides is 3. The van der Waals surface area contributed by atoms with Crippen LogP contribution < -0.4 is 5.32 Å². The predicted molar refractivity (Wildman–Crippen MR) is 104 cm³/mol. The number of ether oxygens (including phenoxy) is 1. The van der Waals surface area contributed by atoms with E-state index in [1.807, 2.05) is 25.7 Å². The average Bonchev–Trinajstić information content (AvgIpc) is 2.69. The fourth-order valence-electron chi connectivity index (χ4n) is 3.40. The van der Waals surface area contributed by atoms with Crippen LogP contribution in [0, 0.1) is 12.8 Å². The minimum Gasteiger partial charge on any atom is -0.465 e. The van der Waals surface area contributed by atoms with Crippen molar-refractivity contribution in [3.8, 4) is 0 Å². The Morgan fingerprint density at radius 2 is 1.96 bits per heavy atom. The van der Waals surface area contributed by atoms with Crippen molar-refractivity contribution in [2.45, 2.75) is 33.6 Å². The lowest BCUT2D eigenvalue weighted by Crippen LogP contribution is -2.48. The number of aryl methyl sites for hydroxylation is 1. The highest BCUT2D eigenvalue weighted by Gasteiger charge is 2.30. The molecular weight excluding hydrogens is 346 g/mol. The van der Waals surface area contributed by atoms with Crippen LogP contribution in [0.4, 0.5) is 10.5 Å². The first kappa shape index (κ1) is 20.7. The Morgan fingerprint density at radius 3 is 2.56 bits per heavy atom. The number of carbonyl (C=O) groups is 3. The molecule has 7 nitrogen and oxygen atoms in total. The van der Waals surface area contributed by atoms with Crippen LogP contribution in [0.5, 0.6) is 0 Å². The van der Waals surface area contributed by atoms with E-state index < -0.39 is 5.97 Å². The van der Waals surface area contributed by atoms with E-state index in [9.17, 15) is 14.4 Å². The minimum absolute atomic E-state index is 0.121. The van der Waals surface area contributed by atoms with Gasteiger partial charge >= 0.3 is 12.0 Å². The van der Waals surface area contributed by atoms with Crippen LogP contribution in [0.3, 0.4) is 0 Å². The summed E-state index contributed by atoms with van der Waals surface area (Å²) in [7, 11) is 1.33. The topological polar surface area (TPSA) is 79.0 Å². The van der Waals surface area contributed by atoms with E-state index >= 15 is 0 Å². The smallest absolute Gasteiger partial charge is 0.337 e. The highest BCUT2D eigenvalue weighted by Crippen LogP contribution is 2.22. The normalized spacial score (nSPS) is 16.6. The fraction of sp³-hybridized carbons (Fsp3) is 0.550. The highest BCUT2D eigenvalue weighted by molar-refractivity contribution is 5.93. The maximum Gasteiger partial charge on any atom is 0.337 e. The number of nitrogens with one attached hydrogen (secondary N) is 1. The second kappa shape index (κ2) is 9.39. The first-order valence-corrected chi connectivity index (χ1v) is 9.44. The third-order valence-electron chi connectivity index (χ3n) is 5.02. The second-order valence-corrected chi connectivity index (χ2v) is 6.75. The van der Waals surface area contributed by atoms with Crippen molar-refractivity contribution in [1.29, 1.82) is 0 Å². The number of methoxy groups -OCH3 is 1. The maximum absolute atomic E-state index is 12.7. The number of likely N-dealkylation sites (tertiary alicyclic amines) is 1. The van der Waals surface area contributed by atoms with Gasteiger partial charge in [0.25, 0.3) is 0 Å². The standard InChI is InChI=1S/C20H29N3O4/c1-5-22(6-2)18(24)16-8-7-11-23(13-16)20(26)21-17-10-9-15(12-14(17)3)19(25)27-4/h9-10,12,16H,5-8,11,13H2,1-4H3,(H,21,26)/t16-/m1/s1. The van der Waals surface area contributed by atoms with Crippen LogP contribution >= 0.6 is 0 Å². The molecular formula is C20H29N3O4. The van der Waals surface area contributed by atoms with Gasteiger partial charge in [-0.1, -0.05) is 0 Å². The summed E-state index contributed by atoms with van der Waals surface area (Å²) < 4.78 is 4.71. The summed E-state index contributed by atoms with van der Waals surface area (Å²) in [5, 5.41) is 2.89. The Balaban J connectivity index is 2.03. The van der Waals surface area contributed by atoms with Crippen molar-refractivity contribution in [3.05, 3.63) is 29.3 Å². The van der Waals surface area contributed by atoms with E-state index in [-0.39, 0.29) is 17.9 Å². The molecule has 1 heterocycles. The van der Waals surface area contributed by atoms with Gasteiger partial charge in [-0.15, -0.1) is 0 Å². The number of urea groups is 1. The summed E-state index contributed by atoms with van der Waals surface area (Å²) in [4.78, 5) is 40.4. The quantitative estimate of drug-likeness (QED) is 0.803. The number of piperidine rings is 1. The summed E-state index contributed by atoms with van der Waals surface area (Å²) in [6, 6.07) is 4.78. The molecule has 0 aliphatic carbocycles. The monoisotopic (exact) mass is 375 g/mol. The van der Waals surface area contributed by atoms with Crippen molar-refractivity contribution in [1.82, 2.24) is 9.80 Å². The number of esters is 1. The van der Waals surface area contributed by atoms with Gasteiger partial charge in [-0.2, -0.15) is 0 Å². The molecule has 1 N–H and O–H groups in total. The van der Waals surface area contributed by atoms with Crippen LogP contribution in [0.25, 0.3) is 0 Å². The molecule has 1 aromatic carbocycles. The van der Waals surface area contributed by atoms with Crippen LogP contribution in [-0.2, 0) is 9.53 Å². The van der Waals surface area contributed by atoms with Gasteiger partial charge in [-0.3, -0.25) is 4.79 Å². The molecule has 0 unspecified atom stereocenters. The Labute approximate surface area is 160 Å². The van der Waals surface area contributed by atoms with Crippen molar-refractivity contribution in [3.63, 3.8) is 0 Å². The lowest BCUT2D eigenvalue weighted by Gasteiger charge is -2.34. The number of hydrogen-bond donors (Lipinski definition) is 1. The van der Waals surface area contributed by atoms with Crippen molar-refractivity contribution < 1.29 is 19.1 Å². The number of nitrogens with zero attached hydrogens (tertiary/aromatic N) is 2. The second-order valence-electron chi connectivity index (χ2n) is 6.75. The van der Waals surface area contributed by atoms with Gasteiger partial charge in [-0.25, -0.2) is 9.59 Å². The summed E-state index contributed by atoms with van der Waals surface area (Å²) in [6.07, 6.45) is 1.62. The lowest BCUT2D eigenvalue weighted by atomic mass is 9.96. The largest absolute Gasteiger partial charge is 0.465 e. The Hall–Kier alpha value is -2.57. The van der Waals surface area contributed by atoms with Crippen LogP contribution in [-0.4, -0.2) is 61.0 Å². The molecule has 1 aliphatic rings. The Morgan fingerprint density at radius 1 is 1.26 bits per heavy atom. The van der Waals surface area contributed by atoms with Gasteiger partial charge in [0.15, 0.2) is 0 Å². The average molecular weight is 375 g/mol. The van der Waals surface area contributed by atoms with E-state index in [1.165, 1.54) is 7.11 Å². The molecule has 2 rings (SSSR count). The number of hydrogen-bond acceptors (Lipinski definition) is 4. The van der Waals surface area contributed by atoms with E-state index in [4.69, 9.17) is 4.74 Å². The molecule has 0 radical (unpaired) electrons. The summed E-state index contributed by atoms with van der Waals surface area (Å²) in [5.74, 6) is -0.437.